The average molecular weight is 393 g/mol. The van der Waals surface area contributed by atoms with Gasteiger partial charge < -0.3 is 91.2 Å². The van der Waals surface area contributed by atoms with Crippen molar-refractivity contribution in [2.24, 2.45) is 0 Å². The zero-order valence-corrected chi connectivity index (χ0v) is 12.1. The predicted molar refractivity (Wildman–Crippen MR) is 70.4 cm³/mol. The molecule has 30 N–H and O–H groups in total. The van der Waals surface area contributed by atoms with Gasteiger partial charge in [-0.25, -0.2) is 0 Å². The summed E-state index contributed by atoms with van der Waals surface area (Å²) in [5, 5.41) is 0. The standard InChI is InChI=1S/Al.H2O4S.15H2O/c;1-5(2,3)4;;;;;;;;;;;;;;;/h;(H2,1,2,3,4);15*1H2/q+3;;;;;;;;;;;;;;;;/p-2. The Labute approximate surface area is 128 Å². The molecular weight excluding hydrogens is 363 g/mol. The topological polar surface area (TPSA) is 553 Å². The van der Waals surface area contributed by atoms with Gasteiger partial charge in [0.25, 0.3) is 0 Å². The van der Waals surface area contributed by atoms with E-state index in [-0.39, 0.29) is 99.5 Å². The van der Waals surface area contributed by atoms with E-state index in [0.29, 0.717) is 0 Å². The van der Waals surface area contributed by atoms with E-state index in [1.807, 2.05) is 0 Å². The smallest absolute Gasteiger partial charge is 0.759 e. The molecule has 21 heavy (non-hydrogen) atoms. The van der Waals surface area contributed by atoms with Crippen molar-refractivity contribution in [3.05, 3.63) is 0 Å². The largest absolute Gasteiger partial charge is 3.00 e. The molecule has 0 fully saturated rings. The van der Waals surface area contributed by atoms with Gasteiger partial charge in [-0.3, -0.25) is 8.42 Å². The summed E-state index contributed by atoms with van der Waals surface area (Å²) in [6.45, 7) is 0. The van der Waals surface area contributed by atoms with Crippen LogP contribution in [-0.4, -0.2) is 117 Å². The van der Waals surface area contributed by atoms with E-state index in [1.54, 1.807) is 0 Å². The van der Waals surface area contributed by atoms with Crippen LogP contribution in [0, 0.1) is 0 Å². The molecule has 0 bridgehead atoms. The third-order valence-electron chi connectivity index (χ3n) is 0. The van der Waals surface area contributed by atoms with Crippen LogP contribution >= 0.6 is 0 Å². The van der Waals surface area contributed by atoms with Crippen molar-refractivity contribution in [3.63, 3.8) is 0 Å². The van der Waals surface area contributed by atoms with E-state index in [4.69, 9.17) is 17.5 Å². The molecule has 0 atom stereocenters. The Balaban J connectivity index is -0.000000000667. The van der Waals surface area contributed by atoms with Crippen LogP contribution in [0.3, 0.4) is 0 Å². The summed E-state index contributed by atoms with van der Waals surface area (Å²) >= 11 is 0. The Morgan fingerprint density at radius 3 is 0.381 bits per heavy atom. The number of hydrogen-bond donors (Lipinski definition) is 0. The van der Waals surface area contributed by atoms with Crippen molar-refractivity contribution in [1.82, 2.24) is 0 Å². The zero-order valence-electron chi connectivity index (χ0n) is 10.1. The van der Waals surface area contributed by atoms with E-state index >= 15 is 0 Å². The monoisotopic (exact) mass is 393 g/mol. The maximum atomic E-state index is 8.52. The van der Waals surface area contributed by atoms with E-state index in [9.17, 15) is 0 Å². The van der Waals surface area contributed by atoms with E-state index in [0.717, 1.165) is 0 Å². The van der Waals surface area contributed by atoms with Crippen LogP contribution in [0.2, 0.25) is 0 Å². The fourth-order valence-corrected chi connectivity index (χ4v) is 0. The summed E-state index contributed by atoms with van der Waals surface area (Å²) in [5.74, 6) is 0. The molecule has 0 saturated heterocycles. The third-order valence-corrected chi connectivity index (χ3v) is 0. The molecule has 0 radical (unpaired) electrons. The normalized spacial score (nSPS) is 2.76. The number of rotatable bonds is 0. The van der Waals surface area contributed by atoms with Crippen molar-refractivity contribution in [1.29, 1.82) is 0 Å². The van der Waals surface area contributed by atoms with Gasteiger partial charge in [-0.2, -0.15) is 0 Å². The zero-order chi connectivity index (χ0) is 4.50. The summed E-state index contributed by atoms with van der Waals surface area (Å²) in [6.07, 6.45) is 0. The van der Waals surface area contributed by atoms with Crippen LogP contribution in [-0.2, 0) is 10.4 Å². The average Bonchev–Trinajstić information content (AvgIpc) is 0.722. The van der Waals surface area contributed by atoms with Crippen molar-refractivity contribution in [2.45, 2.75) is 0 Å². The summed E-state index contributed by atoms with van der Waals surface area (Å²) in [5.41, 5.74) is 0. The van der Waals surface area contributed by atoms with Gasteiger partial charge in [0.1, 0.15) is 0 Å². The Kier molecular flexibility index (Phi) is 5590. The molecular formula is H30AlO19S+. The Bertz CT molecular complexity index is 94.7. The van der Waals surface area contributed by atoms with Gasteiger partial charge in [-0.05, 0) is 0 Å². The molecule has 21 heteroatoms. The molecule has 0 aliphatic carbocycles. The molecule has 0 saturated carbocycles. The third kappa shape index (κ3) is 161000. The van der Waals surface area contributed by atoms with E-state index in [1.165, 1.54) is 0 Å². The molecule has 0 aromatic carbocycles. The fourth-order valence-electron chi connectivity index (χ4n) is 0. The molecule has 0 heterocycles. The summed E-state index contributed by atoms with van der Waals surface area (Å²) in [7, 11) is -5.17. The van der Waals surface area contributed by atoms with Crippen LogP contribution < -0.4 is 0 Å². The van der Waals surface area contributed by atoms with Crippen LogP contribution in [0.15, 0.2) is 0 Å². The minimum Gasteiger partial charge on any atom is -0.759 e. The molecule has 0 unspecified atom stereocenters. The Hall–Kier alpha value is -0.198. The summed E-state index contributed by atoms with van der Waals surface area (Å²) in [4.78, 5) is 0. The van der Waals surface area contributed by atoms with Crippen molar-refractivity contribution in [3.8, 4) is 0 Å². The van der Waals surface area contributed by atoms with Gasteiger partial charge >= 0.3 is 17.4 Å². The molecule has 19 nitrogen and oxygen atoms in total. The Morgan fingerprint density at radius 1 is 0.381 bits per heavy atom. The maximum Gasteiger partial charge on any atom is 3.00 e. The van der Waals surface area contributed by atoms with Gasteiger partial charge in [-0.15, -0.1) is 0 Å². The molecule has 0 aliphatic heterocycles. The molecule has 152 valence electrons. The van der Waals surface area contributed by atoms with Crippen molar-refractivity contribution >= 4 is 27.8 Å². The fraction of sp³-hybridized carbons (Fsp3) is 0. The second kappa shape index (κ2) is 208. The van der Waals surface area contributed by atoms with Crippen LogP contribution in [0.5, 0.6) is 0 Å². The first-order valence-corrected chi connectivity index (χ1v) is 2.00. The van der Waals surface area contributed by atoms with E-state index in [2.05, 4.69) is 0 Å². The minimum atomic E-state index is -5.17. The van der Waals surface area contributed by atoms with Crippen molar-refractivity contribution in [2.75, 3.05) is 0 Å². The first kappa shape index (κ1) is 564. The summed E-state index contributed by atoms with van der Waals surface area (Å²) < 4.78 is 34.1. The van der Waals surface area contributed by atoms with Gasteiger partial charge in [0, 0.05) is 10.4 Å². The van der Waals surface area contributed by atoms with Gasteiger partial charge in [0.15, 0.2) is 0 Å². The molecule has 0 rings (SSSR count). The second-order valence-corrected chi connectivity index (χ2v) is 1.22. The molecule has 0 aliphatic rings. The van der Waals surface area contributed by atoms with Crippen LogP contribution in [0.1, 0.15) is 0 Å². The number of hydrogen-bond acceptors (Lipinski definition) is 4. The second-order valence-electron chi connectivity index (χ2n) is 0.408. The van der Waals surface area contributed by atoms with Crippen LogP contribution in [0.25, 0.3) is 0 Å². The van der Waals surface area contributed by atoms with Gasteiger partial charge in [0.05, 0.1) is 0 Å². The first-order chi connectivity index (χ1) is 2.00. The summed E-state index contributed by atoms with van der Waals surface area (Å²) in [6, 6.07) is 0. The SMILES string of the molecule is O.O.O.O.O.O.O.O.O.O.O.O.O.O.O.O=S(=O)([O-])[O-].[Al+3]. The molecule has 0 spiro atoms. The Morgan fingerprint density at radius 2 is 0.381 bits per heavy atom. The maximum absolute atomic E-state index is 8.52. The van der Waals surface area contributed by atoms with Crippen molar-refractivity contribution < 1.29 is 99.7 Å². The minimum absolute atomic E-state index is 0. The first-order valence-electron chi connectivity index (χ1n) is 0.667. The molecule has 0 aromatic heterocycles. The van der Waals surface area contributed by atoms with Gasteiger partial charge in [0.2, 0.25) is 0 Å². The van der Waals surface area contributed by atoms with E-state index < -0.39 is 10.4 Å². The quantitative estimate of drug-likeness (QED) is 0.219. The molecule has 0 aromatic rings. The predicted octanol–water partition coefficient (Wildman–Crippen LogP) is -14.1. The van der Waals surface area contributed by atoms with Crippen LogP contribution in [0.4, 0.5) is 0 Å². The molecule has 0 amide bonds. The van der Waals surface area contributed by atoms with Gasteiger partial charge in [-0.1, -0.05) is 0 Å².